The van der Waals surface area contributed by atoms with Gasteiger partial charge in [0.15, 0.2) is 0 Å². The van der Waals surface area contributed by atoms with E-state index in [0.717, 1.165) is 43.3 Å². The van der Waals surface area contributed by atoms with E-state index in [1.54, 1.807) is 0 Å². The van der Waals surface area contributed by atoms with Crippen LogP contribution in [0.1, 0.15) is 33.1 Å². The van der Waals surface area contributed by atoms with Gasteiger partial charge in [0, 0.05) is 18.0 Å². The molecule has 1 unspecified atom stereocenters. The summed E-state index contributed by atoms with van der Waals surface area (Å²) in [6, 6.07) is 8.25. The first-order valence-corrected chi connectivity index (χ1v) is 7.44. The quantitative estimate of drug-likeness (QED) is 0.843. The van der Waals surface area contributed by atoms with E-state index in [1.165, 1.54) is 6.20 Å². The summed E-state index contributed by atoms with van der Waals surface area (Å²) in [5.41, 5.74) is 0.924. The molecule has 0 bridgehead atoms. The van der Waals surface area contributed by atoms with Crippen molar-refractivity contribution in [1.82, 2.24) is 15.1 Å². The molecule has 1 aromatic carbocycles. The van der Waals surface area contributed by atoms with Crippen molar-refractivity contribution in [3.63, 3.8) is 0 Å². The lowest BCUT2D eigenvalue weighted by Gasteiger charge is -2.16. The van der Waals surface area contributed by atoms with Gasteiger partial charge in [-0.15, -0.1) is 0 Å². The summed E-state index contributed by atoms with van der Waals surface area (Å²) >= 11 is 0. The van der Waals surface area contributed by atoms with Gasteiger partial charge in [-0.05, 0) is 37.9 Å². The van der Waals surface area contributed by atoms with E-state index >= 15 is 0 Å². The maximum absolute atomic E-state index is 11.8. The van der Waals surface area contributed by atoms with E-state index in [4.69, 9.17) is 0 Å². The minimum atomic E-state index is -0.00376. The Hall–Kier alpha value is -1.68. The maximum atomic E-state index is 11.8. The molecule has 1 heterocycles. The monoisotopic (exact) mass is 273 g/mol. The second-order valence-electron chi connectivity index (χ2n) is 5.05. The topological polar surface area (TPSA) is 46.9 Å². The maximum Gasteiger partial charge on any atom is 0.207 e. The first-order valence-electron chi connectivity index (χ1n) is 7.44. The molecule has 1 N–H and O–H groups in total. The summed E-state index contributed by atoms with van der Waals surface area (Å²) in [7, 11) is 0. The van der Waals surface area contributed by atoms with Crippen LogP contribution in [0.15, 0.2) is 35.3 Å². The second-order valence-corrected chi connectivity index (χ2v) is 5.05. The number of nitrogens with one attached hydrogen (secondary N) is 1. The molecule has 4 nitrogen and oxygen atoms in total. The molecule has 0 saturated heterocycles. The molecule has 1 atom stereocenters. The molecule has 20 heavy (non-hydrogen) atoms. The number of benzene rings is 1. The van der Waals surface area contributed by atoms with Gasteiger partial charge in [0.1, 0.15) is 0 Å². The molecule has 0 fully saturated rings. The van der Waals surface area contributed by atoms with E-state index in [-0.39, 0.29) is 5.43 Å². The van der Waals surface area contributed by atoms with Crippen LogP contribution in [0.3, 0.4) is 0 Å². The number of fused-ring (bicyclic) bond motifs is 1. The Bertz CT molecular complexity index is 606. The minimum Gasteiger partial charge on any atom is -0.314 e. The average Bonchev–Trinajstić information content (AvgIpc) is 2.49. The fourth-order valence-electron chi connectivity index (χ4n) is 2.57. The first kappa shape index (κ1) is 14.7. The fourth-order valence-corrected chi connectivity index (χ4v) is 2.57. The van der Waals surface area contributed by atoms with E-state index in [9.17, 15) is 4.79 Å². The molecule has 0 aliphatic carbocycles. The van der Waals surface area contributed by atoms with Crippen molar-refractivity contribution >= 4 is 10.9 Å². The second kappa shape index (κ2) is 7.20. The van der Waals surface area contributed by atoms with Gasteiger partial charge < -0.3 is 5.32 Å². The van der Waals surface area contributed by atoms with Gasteiger partial charge in [-0.2, -0.15) is 5.10 Å². The van der Waals surface area contributed by atoms with Crippen LogP contribution >= 0.6 is 0 Å². The van der Waals surface area contributed by atoms with Crippen LogP contribution in [0.25, 0.3) is 10.9 Å². The SMILES string of the molecule is CCNC(CC)CCCn1ncc(=O)c2ccccc21. The molecule has 0 saturated carbocycles. The Morgan fingerprint density at radius 2 is 2.10 bits per heavy atom. The highest BCUT2D eigenvalue weighted by atomic mass is 16.1. The number of hydrogen-bond donors (Lipinski definition) is 1. The predicted molar refractivity (Wildman–Crippen MR) is 83.0 cm³/mol. The Morgan fingerprint density at radius 3 is 2.85 bits per heavy atom. The molecule has 4 heteroatoms. The van der Waals surface area contributed by atoms with Gasteiger partial charge in [-0.25, -0.2) is 0 Å². The van der Waals surface area contributed by atoms with Gasteiger partial charge in [0.05, 0.1) is 11.7 Å². The summed E-state index contributed by atoms with van der Waals surface area (Å²) in [5, 5.41) is 8.50. The Balaban J connectivity index is 2.07. The molecule has 108 valence electrons. The number of aromatic nitrogens is 2. The van der Waals surface area contributed by atoms with Crippen molar-refractivity contribution in [2.24, 2.45) is 0 Å². The van der Waals surface area contributed by atoms with Crippen LogP contribution in [0.5, 0.6) is 0 Å². The Kier molecular flexibility index (Phi) is 5.30. The van der Waals surface area contributed by atoms with E-state index < -0.39 is 0 Å². The smallest absolute Gasteiger partial charge is 0.207 e. The van der Waals surface area contributed by atoms with Crippen LogP contribution < -0.4 is 10.7 Å². The van der Waals surface area contributed by atoms with Crippen molar-refractivity contribution in [3.8, 4) is 0 Å². The van der Waals surface area contributed by atoms with Crippen molar-refractivity contribution in [3.05, 3.63) is 40.7 Å². The number of rotatable bonds is 7. The summed E-state index contributed by atoms with van der Waals surface area (Å²) in [5.74, 6) is 0. The van der Waals surface area contributed by atoms with E-state index in [0.29, 0.717) is 6.04 Å². The molecule has 2 aromatic rings. The van der Waals surface area contributed by atoms with Gasteiger partial charge in [-0.1, -0.05) is 26.0 Å². The minimum absolute atomic E-state index is 0.00376. The zero-order valence-electron chi connectivity index (χ0n) is 12.3. The molecule has 1 aromatic heterocycles. The van der Waals surface area contributed by atoms with Crippen LogP contribution in [0.4, 0.5) is 0 Å². The normalized spacial score (nSPS) is 12.7. The van der Waals surface area contributed by atoms with Crippen molar-refractivity contribution in [1.29, 1.82) is 0 Å². The third kappa shape index (κ3) is 3.45. The highest BCUT2D eigenvalue weighted by Gasteiger charge is 2.06. The average molecular weight is 273 g/mol. The molecule has 0 aliphatic rings. The van der Waals surface area contributed by atoms with E-state index in [2.05, 4.69) is 24.3 Å². The highest BCUT2D eigenvalue weighted by molar-refractivity contribution is 5.77. The lowest BCUT2D eigenvalue weighted by atomic mass is 10.1. The van der Waals surface area contributed by atoms with E-state index in [1.807, 2.05) is 28.9 Å². The lowest BCUT2D eigenvalue weighted by Crippen LogP contribution is -2.28. The highest BCUT2D eigenvalue weighted by Crippen LogP contribution is 2.10. The summed E-state index contributed by atoms with van der Waals surface area (Å²) in [6.45, 7) is 6.21. The van der Waals surface area contributed by atoms with Gasteiger partial charge in [0.2, 0.25) is 5.43 Å². The number of para-hydroxylation sites is 1. The zero-order valence-corrected chi connectivity index (χ0v) is 12.3. The zero-order chi connectivity index (χ0) is 14.4. The molecular formula is C16H23N3O. The number of nitrogens with zero attached hydrogens (tertiary/aromatic N) is 2. The molecule has 0 aliphatic heterocycles. The third-order valence-corrected chi connectivity index (χ3v) is 3.67. The predicted octanol–water partition coefficient (Wildman–Crippen LogP) is 2.56. The van der Waals surface area contributed by atoms with Crippen LogP contribution in [-0.2, 0) is 6.54 Å². The van der Waals surface area contributed by atoms with Crippen molar-refractivity contribution in [2.75, 3.05) is 6.54 Å². The van der Waals surface area contributed by atoms with Crippen LogP contribution in [0.2, 0.25) is 0 Å². The van der Waals surface area contributed by atoms with Gasteiger partial charge in [-0.3, -0.25) is 9.48 Å². The molecule has 0 spiro atoms. The molecule has 0 amide bonds. The molecule has 2 rings (SSSR count). The van der Waals surface area contributed by atoms with Gasteiger partial charge in [0.25, 0.3) is 0 Å². The van der Waals surface area contributed by atoms with Crippen LogP contribution in [0, 0.1) is 0 Å². The standard InChI is InChI=1S/C16H23N3O/c1-3-13(17-4-2)8-7-11-19-15-10-6-5-9-14(15)16(20)12-18-19/h5-6,9-10,12-13,17H,3-4,7-8,11H2,1-2H3. The third-order valence-electron chi connectivity index (χ3n) is 3.67. The van der Waals surface area contributed by atoms with Gasteiger partial charge >= 0.3 is 0 Å². The van der Waals surface area contributed by atoms with Crippen LogP contribution in [-0.4, -0.2) is 22.4 Å². The summed E-state index contributed by atoms with van der Waals surface area (Å²) < 4.78 is 1.94. The first-order chi connectivity index (χ1) is 9.76. The summed E-state index contributed by atoms with van der Waals surface area (Å²) in [4.78, 5) is 11.8. The van der Waals surface area contributed by atoms with Crippen molar-refractivity contribution in [2.45, 2.75) is 45.7 Å². The van der Waals surface area contributed by atoms with Crippen molar-refractivity contribution < 1.29 is 0 Å². The largest absolute Gasteiger partial charge is 0.314 e. The number of aryl methyl sites for hydroxylation is 1. The molecular weight excluding hydrogens is 250 g/mol. The lowest BCUT2D eigenvalue weighted by molar-refractivity contribution is 0.441. The Morgan fingerprint density at radius 1 is 1.30 bits per heavy atom. The summed E-state index contributed by atoms with van der Waals surface area (Å²) in [6.07, 6.45) is 4.76. The fraction of sp³-hybridized carbons (Fsp3) is 0.500. The Labute approximate surface area is 119 Å². The number of hydrogen-bond acceptors (Lipinski definition) is 3. The molecule has 0 radical (unpaired) electrons.